The van der Waals surface area contributed by atoms with Gasteiger partial charge in [0.15, 0.2) is 0 Å². The van der Waals surface area contributed by atoms with Crippen molar-refractivity contribution in [2.24, 2.45) is 0 Å². The first-order valence-corrected chi connectivity index (χ1v) is 9.55. The topological polar surface area (TPSA) is 3.24 Å². The van der Waals surface area contributed by atoms with Gasteiger partial charge in [0.25, 0.3) is 0 Å². The zero-order valence-corrected chi connectivity index (χ0v) is 19.1. The molecule has 0 spiro atoms. The highest BCUT2D eigenvalue weighted by atomic mass is 15.2. The first-order chi connectivity index (χ1) is 10.8. The van der Waals surface area contributed by atoms with Crippen LogP contribution in [0.1, 0.15) is 105 Å². The molecule has 0 aliphatic carbocycles. The molecule has 25 heavy (non-hydrogen) atoms. The molecule has 0 bridgehead atoms. The third kappa shape index (κ3) is 5.58. The molecule has 0 aliphatic rings. The van der Waals surface area contributed by atoms with Crippen molar-refractivity contribution in [2.45, 2.75) is 105 Å². The molecule has 142 valence electrons. The highest BCUT2D eigenvalue weighted by molar-refractivity contribution is 5.50. The lowest BCUT2D eigenvalue weighted by Crippen LogP contribution is -2.37. The van der Waals surface area contributed by atoms with Gasteiger partial charge in [-0.05, 0) is 66.3 Å². The first-order valence-electron chi connectivity index (χ1n) is 9.55. The van der Waals surface area contributed by atoms with E-state index >= 15 is 0 Å². The van der Waals surface area contributed by atoms with Crippen LogP contribution in [0.25, 0.3) is 0 Å². The Hall–Kier alpha value is -0.820. The van der Waals surface area contributed by atoms with E-state index < -0.39 is 0 Å². The Labute approximate surface area is 158 Å². The van der Waals surface area contributed by atoms with E-state index in [-0.39, 0.29) is 21.8 Å². The van der Waals surface area contributed by atoms with E-state index in [1.54, 1.807) is 0 Å². The lowest BCUT2D eigenvalue weighted by molar-refractivity contribution is 0.226. The molecule has 1 heteroatoms. The van der Waals surface area contributed by atoms with Crippen LogP contribution >= 0.6 is 0 Å². The molecule has 0 fully saturated rings. The molecule has 1 nitrogen and oxygen atoms in total. The van der Waals surface area contributed by atoms with Gasteiger partial charge >= 0.3 is 0 Å². The molecule has 0 amide bonds. The van der Waals surface area contributed by atoms with Gasteiger partial charge in [0, 0.05) is 5.54 Å². The first kappa shape index (κ1) is 22.2. The summed E-state index contributed by atoms with van der Waals surface area (Å²) in [6.45, 7) is 31.2. The van der Waals surface area contributed by atoms with E-state index in [1.807, 2.05) is 0 Å². The van der Waals surface area contributed by atoms with E-state index in [0.29, 0.717) is 0 Å². The average molecular weight is 344 g/mol. The van der Waals surface area contributed by atoms with Crippen molar-refractivity contribution < 1.29 is 0 Å². The van der Waals surface area contributed by atoms with Crippen LogP contribution in [0.15, 0.2) is 12.1 Å². The third-order valence-electron chi connectivity index (χ3n) is 4.91. The fourth-order valence-corrected chi connectivity index (χ4v) is 2.71. The van der Waals surface area contributed by atoms with Crippen molar-refractivity contribution in [2.75, 3.05) is 7.05 Å². The van der Waals surface area contributed by atoms with Crippen molar-refractivity contribution in [3.05, 3.63) is 40.9 Å². The second kappa shape index (κ2) is 6.72. The van der Waals surface area contributed by atoms with Crippen LogP contribution in [0.4, 0.5) is 0 Å². The zero-order chi connectivity index (χ0) is 20.0. The molecule has 0 aromatic heterocycles. The molecule has 0 aliphatic heterocycles. The lowest BCUT2D eigenvalue weighted by Gasteiger charge is -2.37. The van der Waals surface area contributed by atoms with Gasteiger partial charge in [0.2, 0.25) is 0 Å². The normalized spacial score (nSPS) is 14.3. The van der Waals surface area contributed by atoms with Gasteiger partial charge in [-0.15, -0.1) is 0 Å². The van der Waals surface area contributed by atoms with E-state index in [4.69, 9.17) is 0 Å². The smallest absolute Gasteiger partial charge is 0.0971 e. The highest BCUT2D eigenvalue weighted by Crippen LogP contribution is 2.39. The number of hydrogen-bond acceptors (Lipinski definition) is 1. The third-order valence-corrected chi connectivity index (χ3v) is 4.91. The van der Waals surface area contributed by atoms with Crippen LogP contribution in [0.2, 0.25) is 0 Å². The van der Waals surface area contributed by atoms with Crippen molar-refractivity contribution in [3.63, 3.8) is 0 Å². The van der Waals surface area contributed by atoms with Crippen LogP contribution in [0, 0.1) is 6.54 Å². The Balaban J connectivity index is 3.77. The Morgan fingerprint density at radius 2 is 1.00 bits per heavy atom. The summed E-state index contributed by atoms with van der Waals surface area (Å²) in [4.78, 5) is 2.23. The second-order valence-electron chi connectivity index (χ2n) is 11.5. The van der Waals surface area contributed by atoms with Crippen molar-refractivity contribution in [3.8, 4) is 0 Å². The molecule has 0 saturated heterocycles. The Bertz CT molecular complexity index is 560. The molecule has 1 aromatic carbocycles. The molecule has 2 radical (unpaired) electrons. The minimum absolute atomic E-state index is 0.0486. The van der Waals surface area contributed by atoms with Crippen LogP contribution in [-0.2, 0) is 16.2 Å². The van der Waals surface area contributed by atoms with Gasteiger partial charge in [-0.3, -0.25) is 4.90 Å². The quantitative estimate of drug-likeness (QED) is 0.540. The molecule has 0 N–H and O–H groups in total. The summed E-state index contributed by atoms with van der Waals surface area (Å²) < 4.78 is 0. The van der Waals surface area contributed by atoms with E-state index in [0.717, 1.165) is 0 Å². The SMILES string of the molecule is CN([C]c1c(C(C)(C)C)cc(C(C)(C)C)cc1C(C)(C)C)C(C)(C)C. The molecular weight excluding hydrogens is 302 g/mol. The van der Waals surface area contributed by atoms with E-state index in [1.165, 1.54) is 22.3 Å². The maximum Gasteiger partial charge on any atom is 0.0971 e. The summed E-state index contributed by atoms with van der Waals surface area (Å²) >= 11 is 0. The molecule has 0 atom stereocenters. The average Bonchev–Trinajstić information content (AvgIpc) is 2.33. The number of hydrogen-bond donors (Lipinski definition) is 0. The number of rotatable bonds is 2. The fraction of sp³-hybridized carbons (Fsp3) is 0.708. The van der Waals surface area contributed by atoms with Crippen molar-refractivity contribution in [1.29, 1.82) is 0 Å². The summed E-state index contributed by atoms with van der Waals surface area (Å²) in [5, 5.41) is 0. The summed E-state index contributed by atoms with van der Waals surface area (Å²) in [5.41, 5.74) is 5.78. The van der Waals surface area contributed by atoms with Gasteiger partial charge in [-0.25, -0.2) is 0 Å². The minimum Gasteiger partial charge on any atom is -0.288 e. The van der Waals surface area contributed by atoms with Crippen LogP contribution in [0.3, 0.4) is 0 Å². The summed E-state index contributed by atoms with van der Waals surface area (Å²) in [7, 11) is 2.14. The van der Waals surface area contributed by atoms with Gasteiger partial charge in [0.05, 0.1) is 6.54 Å². The fourth-order valence-electron chi connectivity index (χ4n) is 2.71. The molecule has 1 rings (SSSR count). The van der Waals surface area contributed by atoms with Gasteiger partial charge < -0.3 is 0 Å². The largest absolute Gasteiger partial charge is 0.288 e. The predicted molar refractivity (Wildman–Crippen MR) is 112 cm³/mol. The molecule has 0 saturated carbocycles. The van der Waals surface area contributed by atoms with Crippen LogP contribution in [0.5, 0.6) is 0 Å². The Morgan fingerprint density at radius 3 is 1.24 bits per heavy atom. The molecule has 0 unspecified atom stereocenters. The second-order valence-corrected chi connectivity index (χ2v) is 11.5. The molecule has 1 aromatic rings. The molecular formula is C24H41N. The minimum atomic E-state index is 0.0486. The van der Waals surface area contributed by atoms with Crippen LogP contribution < -0.4 is 0 Å². The lowest BCUT2D eigenvalue weighted by atomic mass is 9.72. The van der Waals surface area contributed by atoms with E-state index in [2.05, 4.69) is 114 Å². The highest BCUT2D eigenvalue weighted by Gasteiger charge is 2.31. The summed E-state index contributed by atoms with van der Waals surface area (Å²) in [6, 6.07) is 4.82. The predicted octanol–water partition coefficient (Wildman–Crippen LogP) is 6.70. The Kier molecular flexibility index (Phi) is 5.98. The maximum atomic E-state index is 3.74. The number of nitrogens with zero attached hydrogens (tertiary/aromatic N) is 1. The van der Waals surface area contributed by atoms with Gasteiger partial charge in [-0.2, -0.15) is 0 Å². The Morgan fingerprint density at radius 1 is 0.640 bits per heavy atom. The molecule has 0 heterocycles. The number of benzene rings is 1. The van der Waals surface area contributed by atoms with E-state index in [9.17, 15) is 0 Å². The summed E-state index contributed by atoms with van der Waals surface area (Å²) in [5.74, 6) is 0. The van der Waals surface area contributed by atoms with Crippen molar-refractivity contribution >= 4 is 0 Å². The monoisotopic (exact) mass is 343 g/mol. The van der Waals surface area contributed by atoms with Gasteiger partial charge in [0.1, 0.15) is 0 Å². The zero-order valence-electron chi connectivity index (χ0n) is 19.1. The standard InChI is InChI=1S/C24H41N/c1-21(2,3)17-14-19(22(4,5)6)18(16-25(13)24(10,11)12)20(15-17)23(7,8)9/h14-15H,1-13H3. The van der Waals surface area contributed by atoms with Gasteiger partial charge in [-0.1, -0.05) is 74.4 Å². The van der Waals surface area contributed by atoms with Crippen molar-refractivity contribution in [1.82, 2.24) is 4.90 Å². The maximum absolute atomic E-state index is 3.74. The van der Waals surface area contributed by atoms with Crippen LogP contribution in [-0.4, -0.2) is 17.5 Å². The summed E-state index contributed by atoms with van der Waals surface area (Å²) in [6.07, 6.45) is 0.